The first-order valence-corrected chi connectivity index (χ1v) is 11.5. The van der Waals surface area contributed by atoms with Gasteiger partial charge in [-0.15, -0.1) is 5.10 Å². The van der Waals surface area contributed by atoms with Crippen molar-refractivity contribution >= 4 is 16.1 Å². The third kappa shape index (κ3) is 5.70. The van der Waals surface area contributed by atoms with E-state index >= 15 is 0 Å². The molecule has 0 spiro atoms. The second kappa shape index (κ2) is 10.2. The maximum Gasteiger partial charge on any atom is 0.241 e. The van der Waals surface area contributed by atoms with Crippen molar-refractivity contribution in [3.05, 3.63) is 41.7 Å². The van der Waals surface area contributed by atoms with E-state index in [1.807, 2.05) is 40.0 Å². The Labute approximate surface area is 182 Å². The monoisotopic (exact) mass is 426 g/mol. The highest BCUT2D eigenvalue weighted by Crippen LogP contribution is 2.24. The number of benzene rings is 1. The number of carbonyl (C=O) groups excluding carboxylic acids is 1. The van der Waals surface area contributed by atoms with Crippen LogP contribution in [0.1, 0.15) is 51.3 Å². The fourth-order valence-electron chi connectivity index (χ4n) is 3.74. The molecule has 1 N–H and O–H groups in total. The van der Waals surface area contributed by atoms with Crippen LogP contribution in [0.5, 0.6) is 5.75 Å². The number of carbonyl (C=O) groups is 1. The number of aryl methyl sites for hydroxylation is 1. The van der Waals surface area contributed by atoms with E-state index in [1.54, 1.807) is 0 Å². The molecule has 1 saturated heterocycles. The number of nitrogens with zero attached hydrogens (tertiary/aromatic N) is 4. The normalized spacial score (nSPS) is 18.2. The van der Waals surface area contributed by atoms with Gasteiger partial charge in [-0.3, -0.25) is 14.8 Å². The SMILES string of the molecule is CCCCN1C(=O)[C@H](Cc2ccc(OCc3cn(CCC[Si])nn3)cc2)NC1(C)C. The average molecular weight is 427 g/mol. The second-order valence-corrected chi connectivity index (χ2v) is 8.81. The standard InChI is InChI=1S/C22H32N5O2Si/c1-4-5-12-27-21(28)20(23-22(27,2)3)14-17-7-9-19(10-8-17)29-16-18-15-26(25-24-18)11-6-13-30/h7-10,15,20,23H,4-6,11-14,16H2,1-3H3/t20-/m0/s1. The molecule has 1 aliphatic heterocycles. The molecule has 30 heavy (non-hydrogen) atoms. The first-order chi connectivity index (χ1) is 14.4. The molecule has 7 nitrogen and oxygen atoms in total. The number of nitrogens with one attached hydrogen (secondary N) is 1. The summed E-state index contributed by atoms with van der Waals surface area (Å²) < 4.78 is 7.67. The Kier molecular flexibility index (Phi) is 7.66. The molecule has 2 heterocycles. The van der Waals surface area contributed by atoms with Gasteiger partial charge in [-0.25, -0.2) is 0 Å². The Bertz CT molecular complexity index is 821. The topological polar surface area (TPSA) is 72.3 Å². The van der Waals surface area contributed by atoms with Crippen molar-refractivity contribution in [2.75, 3.05) is 6.54 Å². The first kappa shape index (κ1) is 22.5. The zero-order valence-corrected chi connectivity index (χ0v) is 19.2. The van der Waals surface area contributed by atoms with Crippen LogP contribution < -0.4 is 10.1 Å². The highest BCUT2D eigenvalue weighted by atomic mass is 28.1. The number of amides is 1. The summed E-state index contributed by atoms with van der Waals surface area (Å²) in [7, 11) is 3.47. The predicted octanol–water partition coefficient (Wildman–Crippen LogP) is 2.71. The van der Waals surface area contributed by atoms with Crippen molar-refractivity contribution in [2.45, 2.75) is 77.4 Å². The summed E-state index contributed by atoms with van der Waals surface area (Å²) in [5, 5.41) is 11.7. The molecular formula is C22H32N5O2Si. The summed E-state index contributed by atoms with van der Waals surface area (Å²) in [4.78, 5) is 14.8. The molecule has 2 aromatic rings. The zero-order chi connectivity index (χ0) is 21.6. The molecule has 0 aliphatic carbocycles. The van der Waals surface area contributed by atoms with Gasteiger partial charge in [-0.05, 0) is 50.8 Å². The maximum absolute atomic E-state index is 12.8. The van der Waals surface area contributed by atoms with Gasteiger partial charge in [-0.1, -0.05) is 36.7 Å². The Morgan fingerprint density at radius 1 is 1.20 bits per heavy atom. The van der Waals surface area contributed by atoms with Gasteiger partial charge in [0.2, 0.25) is 5.91 Å². The van der Waals surface area contributed by atoms with Crippen LogP contribution in [0.2, 0.25) is 6.04 Å². The van der Waals surface area contributed by atoms with Crippen molar-refractivity contribution in [2.24, 2.45) is 0 Å². The summed E-state index contributed by atoms with van der Waals surface area (Å²) in [6.45, 7) is 8.33. The van der Waals surface area contributed by atoms with Crippen molar-refractivity contribution in [1.29, 1.82) is 0 Å². The van der Waals surface area contributed by atoms with Gasteiger partial charge in [0, 0.05) is 23.3 Å². The largest absolute Gasteiger partial charge is 0.487 e. The van der Waals surface area contributed by atoms with Crippen LogP contribution >= 0.6 is 0 Å². The molecule has 1 fully saturated rings. The lowest BCUT2D eigenvalue weighted by atomic mass is 10.1. The minimum Gasteiger partial charge on any atom is -0.487 e. The molecule has 1 aliphatic rings. The molecule has 161 valence electrons. The fraction of sp³-hybridized carbons (Fsp3) is 0.591. The predicted molar refractivity (Wildman–Crippen MR) is 117 cm³/mol. The van der Waals surface area contributed by atoms with E-state index < -0.39 is 0 Å². The van der Waals surface area contributed by atoms with Gasteiger partial charge in [0.25, 0.3) is 0 Å². The van der Waals surface area contributed by atoms with Gasteiger partial charge in [0.1, 0.15) is 18.1 Å². The van der Waals surface area contributed by atoms with E-state index in [2.05, 4.69) is 46.6 Å². The highest BCUT2D eigenvalue weighted by molar-refractivity contribution is 6.08. The van der Waals surface area contributed by atoms with Crippen LogP contribution in [0.25, 0.3) is 0 Å². The smallest absolute Gasteiger partial charge is 0.241 e. The van der Waals surface area contributed by atoms with E-state index in [4.69, 9.17) is 4.74 Å². The molecule has 1 atom stereocenters. The van der Waals surface area contributed by atoms with E-state index in [0.717, 1.165) is 55.4 Å². The Hall–Kier alpha value is -2.19. The minimum atomic E-state index is -0.300. The van der Waals surface area contributed by atoms with Crippen LogP contribution in [-0.2, 0) is 24.4 Å². The third-order valence-electron chi connectivity index (χ3n) is 5.40. The summed E-state index contributed by atoms with van der Waals surface area (Å²) in [6, 6.07) is 8.71. The zero-order valence-electron chi connectivity index (χ0n) is 18.2. The summed E-state index contributed by atoms with van der Waals surface area (Å²) in [5.41, 5.74) is 1.62. The molecule has 0 bridgehead atoms. The highest BCUT2D eigenvalue weighted by Gasteiger charge is 2.43. The van der Waals surface area contributed by atoms with Crippen LogP contribution in [-0.4, -0.2) is 54.3 Å². The Balaban J connectivity index is 1.52. The average Bonchev–Trinajstić information content (AvgIpc) is 3.26. The van der Waals surface area contributed by atoms with Crippen molar-refractivity contribution in [3.63, 3.8) is 0 Å². The molecule has 3 radical (unpaired) electrons. The number of hydrogen-bond donors (Lipinski definition) is 1. The molecule has 3 rings (SSSR count). The van der Waals surface area contributed by atoms with E-state index in [1.165, 1.54) is 0 Å². The number of ether oxygens (including phenoxy) is 1. The molecule has 8 heteroatoms. The van der Waals surface area contributed by atoms with Crippen molar-refractivity contribution in [3.8, 4) is 5.75 Å². The van der Waals surface area contributed by atoms with Crippen LogP contribution in [0, 0.1) is 0 Å². The van der Waals surface area contributed by atoms with E-state index in [9.17, 15) is 4.79 Å². The van der Waals surface area contributed by atoms with E-state index in [0.29, 0.717) is 13.0 Å². The van der Waals surface area contributed by atoms with Crippen molar-refractivity contribution in [1.82, 2.24) is 25.2 Å². The number of unbranched alkanes of at least 4 members (excludes halogenated alkanes) is 1. The minimum absolute atomic E-state index is 0.182. The summed E-state index contributed by atoms with van der Waals surface area (Å²) >= 11 is 0. The molecule has 1 aromatic carbocycles. The first-order valence-electron chi connectivity index (χ1n) is 10.8. The fourth-order valence-corrected chi connectivity index (χ4v) is 3.90. The third-order valence-corrected chi connectivity index (χ3v) is 5.76. The summed E-state index contributed by atoms with van der Waals surface area (Å²) in [6.07, 6.45) is 5.71. The number of rotatable bonds is 11. The molecule has 0 unspecified atom stereocenters. The van der Waals surface area contributed by atoms with Gasteiger partial charge in [0.15, 0.2) is 0 Å². The lowest BCUT2D eigenvalue weighted by Gasteiger charge is -2.31. The number of hydrogen-bond acceptors (Lipinski definition) is 5. The molecule has 1 amide bonds. The number of aromatic nitrogens is 3. The van der Waals surface area contributed by atoms with Gasteiger partial charge in [-0.2, -0.15) is 0 Å². The lowest BCUT2D eigenvalue weighted by molar-refractivity contribution is -0.131. The quantitative estimate of drug-likeness (QED) is 0.560. The van der Waals surface area contributed by atoms with Crippen LogP contribution in [0.4, 0.5) is 0 Å². The van der Waals surface area contributed by atoms with Crippen molar-refractivity contribution < 1.29 is 9.53 Å². The van der Waals surface area contributed by atoms with Gasteiger partial charge in [0.05, 0.1) is 17.9 Å². The second-order valence-electron chi connectivity index (χ2n) is 8.31. The lowest BCUT2D eigenvalue weighted by Crippen LogP contribution is -2.47. The van der Waals surface area contributed by atoms with Crippen LogP contribution in [0.3, 0.4) is 0 Å². The van der Waals surface area contributed by atoms with E-state index in [-0.39, 0.29) is 17.6 Å². The van der Waals surface area contributed by atoms with Gasteiger partial charge < -0.3 is 9.64 Å². The molecular weight excluding hydrogens is 394 g/mol. The Morgan fingerprint density at radius 3 is 2.67 bits per heavy atom. The molecule has 0 saturated carbocycles. The van der Waals surface area contributed by atoms with Gasteiger partial charge >= 0.3 is 0 Å². The molecule has 1 aromatic heterocycles. The Morgan fingerprint density at radius 2 is 1.97 bits per heavy atom. The summed E-state index contributed by atoms with van der Waals surface area (Å²) in [5.74, 6) is 0.973. The maximum atomic E-state index is 12.8. The van der Waals surface area contributed by atoms with Crippen LogP contribution in [0.15, 0.2) is 30.5 Å².